The second-order valence-corrected chi connectivity index (χ2v) is 7.40. The molecule has 1 atom stereocenters. The lowest BCUT2D eigenvalue weighted by atomic mass is 10.1. The molecule has 0 unspecified atom stereocenters. The number of carbonyl (C=O) groups excluding carboxylic acids is 1. The fraction of sp³-hybridized carbons (Fsp3) is 0.900. The standard InChI is InChI=1S/C10H20N2O3S/c1-8-7-11-5-6-12(8)9(13)10(2,3)16(4,14)15/h8,11H,5-7H2,1-4H3/t8-/m0/s1. The van der Waals surface area contributed by atoms with E-state index in [2.05, 4.69) is 5.32 Å². The molecule has 0 radical (unpaired) electrons. The maximum atomic E-state index is 12.2. The van der Waals surface area contributed by atoms with E-state index in [0.717, 1.165) is 12.8 Å². The first-order chi connectivity index (χ1) is 7.18. The molecular formula is C10H20N2O3S. The van der Waals surface area contributed by atoms with Gasteiger partial charge in [0.1, 0.15) is 4.75 Å². The van der Waals surface area contributed by atoms with Gasteiger partial charge in [0, 0.05) is 31.9 Å². The zero-order chi connectivity index (χ0) is 12.6. The lowest BCUT2D eigenvalue weighted by Gasteiger charge is -2.38. The number of hydrogen-bond acceptors (Lipinski definition) is 4. The van der Waals surface area contributed by atoms with Gasteiger partial charge in [-0.25, -0.2) is 8.42 Å². The van der Waals surface area contributed by atoms with Crippen LogP contribution in [0.1, 0.15) is 20.8 Å². The van der Waals surface area contributed by atoms with Gasteiger partial charge in [-0.05, 0) is 20.8 Å². The van der Waals surface area contributed by atoms with E-state index in [0.29, 0.717) is 13.1 Å². The molecule has 1 aliphatic heterocycles. The molecule has 1 rings (SSSR count). The summed E-state index contributed by atoms with van der Waals surface area (Å²) in [6, 6.07) is 0.0438. The summed E-state index contributed by atoms with van der Waals surface area (Å²) in [4.78, 5) is 13.8. The summed E-state index contributed by atoms with van der Waals surface area (Å²) in [6.45, 7) is 6.86. The number of amides is 1. The molecule has 0 aromatic rings. The second kappa shape index (κ2) is 4.33. The van der Waals surface area contributed by atoms with Gasteiger partial charge in [0.15, 0.2) is 9.84 Å². The Morgan fingerprint density at radius 3 is 2.44 bits per heavy atom. The molecule has 0 saturated carbocycles. The Morgan fingerprint density at radius 1 is 1.44 bits per heavy atom. The first kappa shape index (κ1) is 13.4. The van der Waals surface area contributed by atoms with Crippen molar-refractivity contribution in [3.05, 3.63) is 0 Å². The zero-order valence-corrected chi connectivity index (χ0v) is 11.1. The third-order valence-electron chi connectivity index (χ3n) is 3.20. The van der Waals surface area contributed by atoms with E-state index in [9.17, 15) is 13.2 Å². The number of nitrogens with zero attached hydrogens (tertiary/aromatic N) is 1. The Hall–Kier alpha value is -0.620. The SMILES string of the molecule is C[C@H]1CNCCN1C(=O)C(C)(C)S(C)(=O)=O. The summed E-state index contributed by atoms with van der Waals surface area (Å²) in [5.41, 5.74) is 0. The van der Waals surface area contributed by atoms with E-state index < -0.39 is 14.6 Å². The molecule has 1 fully saturated rings. The van der Waals surface area contributed by atoms with Crippen LogP contribution in [0.15, 0.2) is 0 Å². The molecule has 16 heavy (non-hydrogen) atoms. The fourth-order valence-corrected chi connectivity index (χ4v) is 2.08. The van der Waals surface area contributed by atoms with Crippen LogP contribution in [0, 0.1) is 0 Å². The average molecular weight is 248 g/mol. The van der Waals surface area contributed by atoms with Gasteiger partial charge in [0.05, 0.1) is 0 Å². The highest BCUT2D eigenvalue weighted by Gasteiger charge is 2.42. The molecule has 1 N–H and O–H groups in total. The minimum atomic E-state index is -3.39. The summed E-state index contributed by atoms with van der Waals surface area (Å²) in [5, 5.41) is 3.17. The predicted molar refractivity (Wildman–Crippen MR) is 63.0 cm³/mol. The van der Waals surface area contributed by atoms with Gasteiger partial charge in [-0.15, -0.1) is 0 Å². The van der Waals surface area contributed by atoms with E-state index in [1.54, 1.807) is 4.90 Å². The highest BCUT2D eigenvalue weighted by atomic mass is 32.2. The van der Waals surface area contributed by atoms with Crippen molar-refractivity contribution < 1.29 is 13.2 Å². The van der Waals surface area contributed by atoms with Crippen LogP contribution >= 0.6 is 0 Å². The van der Waals surface area contributed by atoms with Crippen LogP contribution in [0.5, 0.6) is 0 Å². The van der Waals surface area contributed by atoms with Crippen molar-refractivity contribution in [2.45, 2.75) is 31.6 Å². The van der Waals surface area contributed by atoms with Crippen molar-refractivity contribution in [2.75, 3.05) is 25.9 Å². The molecule has 0 aromatic heterocycles. The van der Waals surface area contributed by atoms with Crippen LogP contribution in [-0.2, 0) is 14.6 Å². The van der Waals surface area contributed by atoms with Gasteiger partial charge < -0.3 is 10.2 Å². The molecule has 0 spiro atoms. The summed E-state index contributed by atoms with van der Waals surface area (Å²) in [6.07, 6.45) is 1.11. The molecule has 0 aromatic carbocycles. The van der Waals surface area contributed by atoms with Crippen molar-refractivity contribution in [1.29, 1.82) is 0 Å². The van der Waals surface area contributed by atoms with Crippen LogP contribution in [0.2, 0.25) is 0 Å². The van der Waals surface area contributed by atoms with Crippen LogP contribution < -0.4 is 5.32 Å². The Kier molecular flexibility index (Phi) is 3.64. The van der Waals surface area contributed by atoms with Crippen LogP contribution in [0.3, 0.4) is 0 Å². The largest absolute Gasteiger partial charge is 0.336 e. The Morgan fingerprint density at radius 2 is 2.00 bits per heavy atom. The second-order valence-electron chi connectivity index (χ2n) is 4.83. The van der Waals surface area contributed by atoms with Gasteiger partial charge in [-0.1, -0.05) is 0 Å². The predicted octanol–water partition coefficient (Wildman–Crippen LogP) is -0.370. The molecule has 1 aliphatic rings. The van der Waals surface area contributed by atoms with Crippen molar-refractivity contribution >= 4 is 15.7 Å². The van der Waals surface area contributed by atoms with Gasteiger partial charge in [0.2, 0.25) is 5.91 Å². The van der Waals surface area contributed by atoms with Gasteiger partial charge in [0.25, 0.3) is 0 Å². The summed E-state index contributed by atoms with van der Waals surface area (Å²) in [5.74, 6) is -0.302. The maximum Gasteiger partial charge on any atom is 0.243 e. The Bertz CT molecular complexity index is 376. The highest BCUT2D eigenvalue weighted by Crippen LogP contribution is 2.20. The van der Waals surface area contributed by atoms with E-state index in [1.807, 2.05) is 6.92 Å². The Balaban J connectivity index is 2.93. The number of hydrogen-bond donors (Lipinski definition) is 1. The average Bonchev–Trinajstić information content (AvgIpc) is 2.15. The van der Waals surface area contributed by atoms with Gasteiger partial charge in [-0.2, -0.15) is 0 Å². The number of rotatable bonds is 2. The lowest BCUT2D eigenvalue weighted by Crippen LogP contribution is -2.58. The fourth-order valence-electron chi connectivity index (χ4n) is 1.65. The summed E-state index contributed by atoms with van der Waals surface area (Å²) < 4.78 is 21.8. The number of carbonyl (C=O) groups is 1. The highest BCUT2D eigenvalue weighted by molar-refractivity contribution is 7.92. The lowest BCUT2D eigenvalue weighted by molar-refractivity contribution is -0.135. The molecule has 1 saturated heterocycles. The normalized spacial score (nSPS) is 23.2. The number of sulfone groups is 1. The van der Waals surface area contributed by atoms with E-state index >= 15 is 0 Å². The van der Waals surface area contributed by atoms with E-state index in [1.165, 1.54) is 13.8 Å². The molecular weight excluding hydrogens is 228 g/mol. The smallest absolute Gasteiger partial charge is 0.243 e. The van der Waals surface area contributed by atoms with Gasteiger partial charge in [-0.3, -0.25) is 4.79 Å². The van der Waals surface area contributed by atoms with Crippen LogP contribution in [0.25, 0.3) is 0 Å². The zero-order valence-electron chi connectivity index (χ0n) is 10.3. The molecule has 1 heterocycles. The van der Waals surface area contributed by atoms with Crippen molar-refractivity contribution in [3.8, 4) is 0 Å². The third kappa shape index (κ3) is 2.38. The first-order valence-corrected chi connectivity index (χ1v) is 7.28. The van der Waals surface area contributed by atoms with Crippen LogP contribution in [0.4, 0.5) is 0 Å². The van der Waals surface area contributed by atoms with E-state index in [4.69, 9.17) is 0 Å². The van der Waals surface area contributed by atoms with Crippen molar-refractivity contribution in [3.63, 3.8) is 0 Å². The number of piperazine rings is 1. The van der Waals surface area contributed by atoms with Crippen molar-refractivity contribution in [1.82, 2.24) is 10.2 Å². The maximum absolute atomic E-state index is 12.2. The van der Waals surface area contributed by atoms with E-state index in [-0.39, 0.29) is 11.9 Å². The number of nitrogens with one attached hydrogen (secondary N) is 1. The summed E-state index contributed by atoms with van der Waals surface area (Å²) >= 11 is 0. The van der Waals surface area contributed by atoms with Crippen LogP contribution in [-0.4, -0.2) is 55.9 Å². The Labute approximate surface area is 97.1 Å². The van der Waals surface area contributed by atoms with Crippen molar-refractivity contribution in [2.24, 2.45) is 0 Å². The summed E-state index contributed by atoms with van der Waals surface area (Å²) in [7, 11) is -3.39. The molecule has 5 nitrogen and oxygen atoms in total. The van der Waals surface area contributed by atoms with Gasteiger partial charge >= 0.3 is 0 Å². The molecule has 1 amide bonds. The minimum absolute atomic E-state index is 0.0438. The molecule has 0 bridgehead atoms. The first-order valence-electron chi connectivity index (χ1n) is 5.39. The molecule has 0 aliphatic carbocycles. The quantitative estimate of drug-likeness (QED) is 0.724. The minimum Gasteiger partial charge on any atom is -0.336 e. The third-order valence-corrected chi connectivity index (χ3v) is 5.23. The monoisotopic (exact) mass is 248 g/mol. The molecule has 94 valence electrons. The topological polar surface area (TPSA) is 66.5 Å². The molecule has 6 heteroatoms.